The molecule has 0 aliphatic heterocycles. The van der Waals surface area contributed by atoms with Gasteiger partial charge in [0.15, 0.2) is 12.4 Å². The molecule has 0 atom stereocenters. The van der Waals surface area contributed by atoms with Crippen molar-refractivity contribution in [2.24, 2.45) is 0 Å². The van der Waals surface area contributed by atoms with Gasteiger partial charge in [0.25, 0.3) is 0 Å². The molecule has 0 aliphatic rings. The summed E-state index contributed by atoms with van der Waals surface area (Å²) in [6.45, 7) is 1.70. The summed E-state index contributed by atoms with van der Waals surface area (Å²) in [4.78, 5) is 15.8. The Kier molecular flexibility index (Phi) is 4.49. The number of carbonyl (C=O) groups is 1. The fourth-order valence-electron chi connectivity index (χ4n) is 1.91. The molecule has 1 heterocycles. The van der Waals surface area contributed by atoms with Gasteiger partial charge in [-0.2, -0.15) is 13.2 Å². The molecule has 6 heteroatoms. The molecule has 2 rings (SSSR count). The number of pyridine rings is 1. The first-order valence-corrected chi connectivity index (χ1v) is 6.54. The number of aromatic nitrogens is 1. The summed E-state index contributed by atoms with van der Waals surface area (Å²) >= 11 is 0. The molecule has 0 aliphatic carbocycles. The average molecular weight is 309 g/mol. The number of rotatable bonds is 4. The van der Waals surface area contributed by atoms with Crippen LogP contribution in [0.4, 0.5) is 13.2 Å². The molecule has 0 radical (unpaired) electrons. The van der Waals surface area contributed by atoms with Crippen LogP contribution in [0.25, 0.3) is 11.1 Å². The maximum Gasteiger partial charge on any atom is 0.422 e. The highest BCUT2D eigenvalue weighted by atomic mass is 19.4. The van der Waals surface area contributed by atoms with Crippen molar-refractivity contribution in [3.05, 3.63) is 47.8 Å². The number of hydrogen-bond donors (Lipinski definition) is 0. The smallest absolute Gasteiger partial charge is 0.422 e. The molecule has 0 N–H and O–H groups in total. The molecular weight excluding hydrogens is 295 g/mol. The van der Waals surface area contributed by atoms with Crippen molar-refractivity contribution in [1.82, 2.24) is 4.98 Å². The topological polar surface area (TPSA) is 39.2 Å². The summed E-state index contributed by atoms with van der Waals surface area (Å²) in [5.74, 6) is -0.437. The largest absolute Gasteiger partial charge is 0.483 e. The van der Waals surface area contributed by atoms with Gasteiger partial charge in [-0.05, 0) is 37.6 Å². The third-order valence-electron chi connectivity index (χ3n) is 2.99. The lowest BCUT2D eigenvalue weighted by molar-refractivity contribution is -0.153. The molecule has 0 fully saturated rings. The highest BCUT2D eigenvalue weighted by Gasteiger charge is 2.29. The SMILES string of the molecule is CC(=O)c1cc(-c2ccc(C)nc2)ccc1OCC(F)(F)F. The van der Waals surface area contributed by atoms with E-state index in [1.165, 1.54) is 19.1 Å². The number of nitrogens with zero attached hydrogens (tertiary/aromatic N) is 1. The van der Waals surface area contributed by atoms with E-state index in [2.05, 4.69) is 4.98 Å². The van der Waals surface area contributed by atoms with Crippen LogP contribution in [-0.4, -0.2) is 23.6 Å². The van der Waals surface area contributed by atoms with E-state index >= 15 is 0 Å². The first kappa shape index (κ1) is 16.0. The lowest BCUT2D eigenvalue weighted by Crippen LogP contribution is -2.20. The van der Waals surface area contributed by atoms with Crippen LogP contribution in [0.3, 0.4) is 0 Å². The lowest BCUT2D eigenvalue weighted by atomic mass is 10.0. The molecule has 0 unspecified atom stereocenters. The van der Waals surface area contributed by atoms with Gasteiger partial charge in [0.05, 0.1) is 5.56 Å². The molecule has 116 valence electrons. The van der Waals surface area contributed by atoms with Crippen molar-refractivity contribution in [2.75, 3.05) is 6.61 Å². The minimum absolute atomic E-state index is 0.0753. The zero-order valence-electron chi connectivity index (χ0n) is 12.1. The summed E-state index contributed by atoms with van der Waals surface area (Å²) in [6.07, 6.45) is -2.81. The molecule has 0 amide bonds. The predicted molar refractivity (Wildman–Crippen MR) is 76.0 cm³/mol. The minimum Gasteiger partial charge on any atom is -0.483 e. The third kappa shape index (κ3) is 4.07. The Morgan fingerprint density at radius 2 is 1.86 bits per heavy atom. The maximum atomic E-state index is 12.2. The number of hydrogen-bond acceptors (Lipinski definition) is 3. The second-order valence-electron chi connectivity index (χ2n) is 4.86. The maximum absolute atomic E-state index is 12.2. The van der Waals surface area contributed by atoms with Crippen molar-refractivity contribution in [2.45, 2.75) is 20.0 Å². The van der Waals surface area contributed by atoms with Crippen molar-refractivity contribution < 1.29 is 22.7 Å². The number of ether oxygens (including phenoxy) is 1. The van der Waals surface area contributed by atoms with Crippen molar-refractivity contribution in [3.63, 3.8) is 0 Å². The van der Waals surface area contributed by atoms with Gasteiger partial charge >= 0.3 is 6.18 Å². The lowest BCUT2D eigenvalue weighted by Gasteiger charge is -2.13. The molecule has 0 saturated heterocycles. The third-order valence-corrected chi connectivity index (χ3v) is 2.99. The van der Waals surface area contributed by atoms with Crippen LogP contribution in [0.5, 0.6) is 5.75 Å². The predicted octanol–water partition coefficient (Wildman–Crippen LogP) is 4.20. The average Bonchev–Trinajstić information content (AvgIpc) is 2.45. The first-order valence-electron chi connectivity index (χ1n) is 6.54. The van der Waals surface area contributed by atoms with Gasteiger partial charge in [0.1, 0.15) is 5.75 Å². The van der Waals surface area contributed by atoms with E-state index in [1.54, 1.807) is 12.3 Å². The molecule has 2 aromatic rings. The molecule has 1 aromatic carbocycles. The first-order chi connectivity index (χ1) is 10.3. The highest BCUT2D eigenvalue weighted by Crippen LogP contribution is 2.28. The van der Waals surface area contributed by atoms with Crippen LogP contribution >= 0.6 is 0 Å². The van der Waals surface area contributed by atoms with Crippen LogP contribution in [0.2, 0.25) is 0 Å². The Morgan fingerprint density at radius 3 is 2.41 bits per heavy atom. The number of Topliss-reactive ketones (excluding diaryl/α,β-unsaturated/α-hetero) is 1. The molecule has 1 aromatic heterocycles. The Hall–Kier alpha value is -2.37. The van der Waals surface area contributed by atoms with Crippen molar-refractivity contribution >= 4 is 5.78 Å². The number of benzene rings is 1. The summed E-state index contributed by atoms with van der Waals surface area (Å²) < 4.78 is 41.4. The molecule has 0 spiro atoms. The zero-order valence-corrected chi connectivity index (χ0v) is 12.1. The van der Waals surface area contributed by atoms with E-state index < -0.39 is 12.8 Å². The quantitative estimate of drug-likeness (QED) is 0.795. The number of aryl methyl sites for hydroxylation is 1. The number of carbonyl (C=O) groups excluding carboxylic acids is 1. The van der Waals surface area contributed by atoms with Gasteiger partial charge in [-0.1, -0.05) is 12.1 Å². The fraction of sp³-hybridized carbons (Fsp3) is 0.250. The van der Waals surface area contributed by atoms with Gasteiger partial charge < -0.3 is 4.74 Å². The second-order valence-corrected chi connectivity index (χ2v) is 4.86. The number of ketones is 1. The molecule has 0 saturated carbocycles. The van der Waals surface area contributed by atoms with E-state index in [0.717, 1.165) is 11.3 Å². The fourth-order valence-corrected chi connectivity index (χ4v) is 1.91. The molecule has 3 nitrogen and oxygen atoms in total. The zero-order chi connectivity index (χ0) is 16.3. The molecule has 22 heavy (non-hydrogen) atoms. The number of alkyl halides is 3. The number of halogens is 3. The molecular formula is C16H14F3NO2. The van der Waals surface area contributed by atoms with Gasteiger partial charge in [-0.15, -0.1) is 0 Å². The Morgan fingerprint density at radius 1 is 1.18 bits per heavy atom. The van der Waals surface area contributed by atoms with Crippen LogP contribution < -0.4 is 4.74 Å². The van der Waals surface area contributed by atoms with Crippen molar-refractivity contribution in [1.29, 1.82) is 0 Å². The standard InChI is InChI=1S/C16H14F3NO2/c1-10-3-4-13(8-20-10)12-5-6-15(14(7-12)11(2)21)22-9-16(17,18)19/h3-8H,9H2,1-2H3. The van der Waals surface area contributed by atoms with E-state index in [-0.39, 0.29) is 17.1 Å². The Bertz CT molecular complexity index is 679. The van der Waals surface area contributed by atoms with Crippen LogP contribution in [-0.2, 0) is 0 Å². The van der Waals surface area contributed by atoms with E-state index in [0.29, 0.717) is 5.56 Å². The highest BCUT2D eigenvalue weighted by molar-refractivity contribution is 5.98. The summed E-state index contributed by atoms with van der Waals surface area (Å²) in [6, 6.07) is 8.14. The van der Waals surface area contributed by atoms with Gasteiger partial charge in [0, 0.05) is 17.5 Å². The van der Waals surface area contributed by atoms with Gasteiger partial charge in [0.2, 0.25) is 0 Å². The normalized spacial score (nSPS) is 11.3. The summed E-state index contributed by atoms with van der Waals surface area (Å²) in [5, 5.41) is 0. The second kappa shape index (κ2) is 6.17. The van der Waals surface area contributed by atoms with Crippen molar-refractivity contribution in [3.8, 4) is 16.9 Å². The van der Waals surface area contributed by atoms with E-state index in [4.69, 9.17) is 4.74 Å². The van der Waals surface area contributed by atoms with E-state index in [1.807, 2.05) is 19.1 Å². The Balaban J connectivity index is 2.34. The van der Waals surface area contributed by atoms with Crippen LogP contribution in [0.1, 0.15) is 23.0 Å². The van der Waals surface area contributed by atoms with Gasteiger partial charge in [-0.3, -0.25) is 9.78 Å². The minimum atomic E-state index is -4.45. The summed E-state index contributed by atoms with van der Waals surface area (Å²) in [7, 11) is 0. The monoisotopic (exact) mass is 309 g/mol. The van der Waals surface area contributed by atoms with Gasteiger partial charge in [-0.25, -0.2) is 0 Å². The van der Waals surface area contributed by atoms with Crippen LogP contribution in [0.15, 0.2) is 36.5 Å². The Labute approximate surface area is 125 Å². The van der Waals surface area contributed by atoms with Crippen LogP contribution in [0, 0.1) is 6.92 Å². The van der Waals surface area contributed by atoms with E-state index in [9.17, 15) is 18.0 Å². The summed E-state index contributed by atoms with van der Waals surface area (Å²) in [5.41, 5.74) is 2.43. The molecule has 0 bridgehead atoms.